The van der Waals surface area contributed by atoms with Gasteiger partial charge in [0.2, 0.25) is 5.91 Å². The second-order valence-electron chi connectivity index (χ2n) is 9.19. The zero-order valence-corrected chi connectivity index (χ0v) is 20.7. The molecule has 0 saturated heterocycles. The molecule has 2 unspecified atom stereocenters. The third-order valence-electron chi connectivity index (χ3n) is 7.10. The highest BCUT2D eigenvalue weighted by Crippen LogP contribution is 2.49. The highest BCUT2D eigenvalue weighted by Gasteiger charge is 2.43. The molecule has 0 saturated carbocycles. The number of aryl methyl sites for hydroxylation is 2. The molecule has 0 spiro atoms. The Bertz CT molecular complexity index is 1310. The molecule has 0 bridgehead atoms. The van der Waals surface area contributed by atoms with Crippen LogP contribution in [0.25, 0.3) is 0 Å². The van der Waals surface area contributed by atoms with Crippen molar-refractivity contribution in [2.75, 3.05) is 4.90 Å². The lowest BCUT2D eigenvalue weighted by molar-refractivity contribution is -0.120. The third kappa shape index (κ3) is 3.97. The van der Waals surface area contributed by atoms with Gasteiger partial charge >= 0.3 is 0 Å². The molecule has 34 heavy (non-hydrogen) atoms. The molecular weight excluding hydrogens is 465 g/mol. The van der Waals surface area contributed by atoms with Crippen LogP contribution in [-0.2, 0) is 9.59 Å². The standard InChI is InChI=1S/C29H25Cl2NO2/c1-17-11-12-21(13-18(17)2)32-25-14-20(19-7-4-3-5-8-19)15-26(33)29(25)22(16-27(32)34)28-23(30)9-6-10-24(28)31/h3-13,20,22H,14-16H2,1-2H3. The van der Waals surface area contributed by atoms with E-state index in [2.05, 4.69) is 12.1 Å². The fourth-order valence-electron chi connectivity index (χ4n) is 5.25. The molecule has 1 heterocycles. The van der Waals surface area contributed by atoms with Crippen molar-refractivity contribution in [3.8, 4) is 0 Å². The molecule has 0 N–H and O–H groups in total. The fraction of sp³-hybridized carbons (Fsp3) is 0.241. The minimum absolute atomic E-state index is 0.00904. The van der Waals surface area contributed by atoms with E-state index in [1.165, 1.54) is 0 Å². The van der Waals surface area contributed by atoms with Gasteiger partial charge in [0.1, 0.15) is 0 Å². The number of hydrogen-bond acceptors (Lipinski definition) is 2. The molecule has 3 aromatic carbocycles. The number of Topliss-reactive ketones (excluding diaryl/α,β-unsaturated/α-hetero) is 1. The number of nitrogens with zero attached hydrogens (tertiary/aromatic N) is 1. The molecule has 0 radical (unpaired) electrons. The number of ketones is 1. The number of hydrogen-bond donors (Lipinski definition) is 0. The summed E-state index contributed by atoms with van der Waals surface area (Å²) in [5.74, 6) is -0.438. The van der Waals surface area contributed by atoms with E-state index in [0.717, 1.165) is 28.1 Å². The van der Waals surface area contributed by atoms with Gasteiger partial charge in [-0.1, -0.05) is 65.7 Å². The molecule has 1 amide bonds. The Morgan fingerprint density at radius 3 is 2.18 bits per heavy atom. The van der Waals surface area contributed by atoms with E-state index >= 15 is 0 Å². The van der Waals surface area contributed by atoms with E-state index in [0.29, 0.717) is 34.0 Å². The topological polar surface area (TPSA) is 37.4 Å². The Hall–Kier alpha value is -2.88. The molecule has 172 valence electrons. The molecular formula is C29H25Cl2NO2. The Balaban J connectivity index is 1.70. The highest BCUT2D eigenvalue weighted by molar-refractivity contribution is 6.36. The van der Waals surface area contributed by atoms with Gasteiger partial charge < -0.3 is 0 Å². The zero-order valence-electron chi connectivity index (χ0n) is 19.1. The van der Waals surface area contributed by atoms with Crippen molar-refractivity contribution in [2.24, 2.45) is 0 Å². The molecule has 5 rings (SSSR count). The Morgan fingerprint density at radius 1 is 0.794 bits per heavy atom. The number of rotatable bonds is 3. The third-order valence-corrected chi connectivity index (χ3v) is 7.76. The molecule has 2 aliphatic rings. The van der Waals surface area contributed by atoms with E-state index in [1.807, 2.05) is 50.2 Å². The monoisotopic (exact) mass is 489 g/mol. The number of allylic oxidation sites excluding steroid dienone is 2. The first-order chi connectivity index (χ1) is 16.3. The molecule has 5 heteroatoms. The molecule has 3 nitrogen and oxygen atoms in total. The number of carbonyl (C=O) groups excluding carboxylic acids is 2. The van der Waals surface area contributed by atoms with Crippen LogP contribution in [0.3, 0.4) is 0 Å². The van der Waals surface area contributed by atoms with Crippen LogP contribution in [0.5, 0.6) is 0 Å². The highest BCUT2D eigenvalue weighted by atomic mass is 35.5. The van der Waals surface area contributed by atoms with Crippen molar-refractivity contribution in [2.45, 2.75) is 44.9 Å². The maximum absolute atomic E-state index is 13.7. The van der Waals surface area contributed by atoms with Crippen molar-refractivity contribution in [3.05, 3.63) is 110 Å². The Kier molecular flexibility index (Phi) is 6.09. The van der Waals surface area contributed by atoms with Crippen LogP contribution in [0.2, 0.25) is 10.0 Å². The molecule has 2 atom stereocenters. The van der Waals surface area contributed by atoms with E-state index in [9.17, 15) is 9.59 Å². The number of amides is 1. The number of benzene rings is 3. The van der Waals surface area contributed by atoms with Crippen LogP contribution < -0.4 is 4.90 Å². The van der Waals surface area contributed by atoms with Gasteiger partial charge in [-0.25, -0.2) is 0 Å². The lowest BCUT2D eigenvalue weighted by Gasteiger charge is -2.41. The average Bonchev–Trinajstić information content (AvgIpc) is 2.81. The van der Waals surface area contributed by atoms with Gasteiger partial charge in [0.05, 0.1) is 0 Å². The first kappa shape index (κ1) is 22.9. The van der Waals surface area contributed by atoms with E-state index in [1.54, 1.807) is 23.1 Å². The van der Waals surface area contributed by atoms with Crippen LogP contribution in [0, 0.1) is 13.8 Å². The lowest BCUT2D eigenvalue weighted by Crippen LogP contribution is -2.42. The van der Waals surface area contributed by atoms with Crippen LogP contribution in [0.15, 0.2) is 78.0 Å². The van der Waals surface area contributed by atoms with Crippen molar-refractivity contribution >= 4 is 40.6 Å². The number of anilines is 1. The quantitative estimate of drug-likeness (QED) is 0.381. The van der Waals surface area contributed by atoms with Crippen molar-refractivity contribution in [1.29, 1.82) is 0 Å². The summed E-state index contributed by atoms with van der Waals surface area (Å²) in [4.78, 5) is 29.2. The normalized spacial score (nSPS) is 20.5. The Morgan fingerprint density at radius 2 is 1.50 bits per heavy atom. The van der Waals surface area contributed by atoms with Crippen LogP contribution in [0.1, 0.15) is 53.4 Å². The Labute approximate surface area is 210 Å². The van der Waals surface area contributed by atoms with Gasteiger partial charge in [-0.15, -0.1) is 0 Å². The van der Waals surface area contributed by atoms with Gasteiger partial charge in [-0.3, -0.25) is 14.5 Å². The smallest absolute Gasteiger partial charge is 0.232 e. The van der Waals surface area contributed by atoms with Gasteiger partial charge in [-0.2, -0.15) is 0 Å². The van der Waals surface area contributed by atoms with Crippen molar-refractivity contribution in [1.82, 2.24) is 0 Å². The number of halogens is 2. The fourth-order valence-corrected chi connectivity index (χ4v) is 5.91. The summed E-state index contributed by atoms with van der Waals surface area (Å²) < 4.78 is 0. The van der Waals surface area contributed by atoms with Gasteiger partial charge in [0, 0.05) is 45.8 Å². The van der Waals surface area contributed by atoms with Gasteiger partial charge in [0.25, 0.3) is 0 Å². The molecule has 1 aliphatic heterocycles. The first-order valence-corrected chi connectivity index (χ1v) is 12.3. The van der Waals surface area contributed by atoms with Crippen molar-refractivity contribution in [3.63, 3.8) is 0 Å². The molecule has 0 aromatic heterocycles. The first-order valence-electron chi connectivity index (χ1n) is 11.5. The summed E-state index contributed by atoms with van der Waals surface area (Å²) in [6.07, 6.45) is 1.15. The summed E-state index contributed by atoms with van der Waals surface area (Å²) in [5, 5.41) is 0.963. The second-order valence-corrected chi connectivity index (χ2v) is 10.0. The summed E-state index contributed by atoms with van der Waals surface area (Å²) in [7, 11) is 0. The zero-order chi connectivity index (χ0) is 24.0. The summed E-state index contributed by atoms with van der Waals surface area (Å²) in [5.41, 5.74) is 6.26. The van der Waals surface area contributed by atoms with Crippen LogP contribution >= 0.6 is 23.2 Å². The number of carbonyl (C=O) groups is 2. The summed E-state index contributed by atoms with van der Waals surface area (Å²) >= 11 is 13.1. The summed E-state index contributed by atoms with van der Waals surface area (Å²) in [6.45, 7) is 4.08. The molecule has 0 fully saturated rings. The molecule has 3 aromatic rings. The van der Waals surface area contributed by atoms with E-state index in [-0.39, 0.29) is 24.0 Å². The minimum atomic E-state index is -0.448. The largest absolute Gasteiger partial charge is 0.294 e. The van der Waals surface area contributed by atoms with Gasteiger partial charge in [0.15, 0.2) is 5.78 Å². The summed E-state index contributed by atoms with van der Waals surface area (Å²) in [6, 6.07) is 21.4. The molecule has 1 aliphatic carbocycles. The van der Waals surface area contributed by atoms with E-state index in [4.69, 9.17) is 23.2 Å². The van der Waals surface area contributed by atoms with E-state index < -0.39 is 5.92 Å². The maximum Gasteiger partial charge on any atom is 0.232 e. The second kappa shape index (κ2) is 9.05. The van der Waals surface area contributed by atoms with Crippen LogP contribution in [-0.4, -0.2) is 11.7 Å². The predicted molar refractivity (Wildman–Crippen MR) is 138 cm³/mol. The van der Waals surface area contributed by atoms with Gasteiger partial charge in [-0.05, 0) is 72.7 Å². The lowest BCUT2D eigenvalue weighted by atomic mass is 9.72. The maximum atomic E-state index is 13.7. The predicted octanol–water partition coefficient (Wildman–Crippen LogP) is 7.53. The minimum Gasteiger partial charge on any atom is -0.294 e. The average molecular weight is 490 g/mol. The van der Waals surface area contributed by atoms with Crippen LogP contribution in [0.4, 0.5) is 5.69 Å². The van der Waals surface area contributed by atoms with Crippen molar-refractivity contribution < 1.29 is 9.59 Å². The SMILES string of the molecule is Cc1ccc(N2C(=O)CC(c3c(Cl)cccc3Cl)C3=C2CC(c2ccccc2)CC3=O)cc1C.